The number of nitrogens with zero attached hydrogens (tertiary/aromatic N) is 2. The van der Waals surface area contributed by atoms with Gasteiger partial charge in [-0.15, -0.1) is 6.58 Å². The van der Waals surface area contributed by atoms with E-state index in [0.717, 1.165) is 19.4 Å². The third-order valence-corrected chi connectivity index (χ3v) is 2.53. The Morgan fingerprint density at radius 3 is 2.87 bits per heavy atom. The van der Waals surface area contributed by atoms with Gasteiger partial charge >= 0.3 is 0 Å². The maximum absolute atomic E-state index is 4.20. The van der Waals surface area contributed by atoms with Crippen LogP contribution in [0.2, 0.25) is 0 Å². The molecule has 1 N–H and O–H groups in total. The van der Waals surface area contributed by atoms with Gasteiger partial charge in [0.2, 0.25) is 0 Å². The van der Waals surface area contributed by atoms with Gasteiger partial charge in [0.05, 0.1) is 5.69 Å². The summed E-state index contributed by atoms with van der Waals surface area (Å²) in [6, 6.07) is 2.46. The van der Waals surface area contributed by atoms with E-state index in [1.165, 1.54) is 11.3 Å². The highest BCUT2D eigenvalue weighted by atomic mass is 15.3. The molecule has 0 fully saturated rings. The number of nitrogens with one attached hydrogen (secondary N) is 1. The molecule has 1 rings (SSSR count). The first-order valence-corrected chi connectivity index (χ1v) is 5.50. The summed E-state index contributed by atoms with van der Waals surface area (Å²) in [5.74, 6) is 0. The lowest BCUT2D eigenvalue weighted by Crippen LogP contribution is -2.23. The van der Waals surface area contributed by atoms with Crippen LogP contribution in [0.5, 0.6) is 0 Å². The molecular weight excluding hydrogens is 186 g/mol. The van der Waals surface area contributed by atoms with Crippen LogP contribution in [0.1, 0.15) is 38.4 Å². The fraction of sp³-hybridized carbons (Fsp3) is 0.583. The summed E-state index contributed by atoms with van der Waals surface area (Å²) in [7, 11) is 1.99. The van der Waals surface area contributed by atoms with Gasteiger partial charge in [0.1, 0.15) is 0 Å². The van der Waals surface area contributed by atoms with Gasteiger partial charge in [-0.3, -0.25) is 4.68 Å². The Morgan fingerprint density at radius 2 is 2.40 bits per heavy atom. The molecule has 0 aliphatic carbocycles. The first-order chi connectivity index (χ1) is 7.15. The Kier molecular flexibility index (Phi) is 4.56. The summed E-state index contributed by atoms with van der Waals surface area (Å²) < 4.78 is 1.94. The van der Waals surface area contributed by atoms with Crippen LogP contribution in [0.4, 0.5) is 0 Å². The van der Waals surface area contributed by atoms with Crippen molar-refractivity contribution in [2.75, 3.05) is 6.54 Å². The zero-order valence-corrected chi connectivity index (χ0v) is 9.95. The van der Waals surface area contributed by atoms with E-state index in [1.54, 1.807) is 0 Å². The average Bonchev–Trinajstić information content (AvgIpc) is 2.59. The molecule has 0 radical (unpaired) electrons. The second-order valence-electron chi connectivity index (χ2n) is 3.99. The van der Waals surface area contributed by atoms with E-state index in [-0.39, 0.29) is 0 Å². The van der Waals surface area contributed by atoms with Crippen LogP contribution >= 0.6 is 0 Å². The zero-order chi connectivity index (χ0) is 11.3. The molecule has 0 aliphatic rings. The fourth-order valence-electron chi connectivity index (χ4n) is 1.72. The molecule has 1 heterocycles. The first kappa shape index (κ1) is 12.0. The molecule has 84 valence electrons. The molecule has 0 amide bonds. The van der Waals surface area contributed by atoms with E-state index in [2.05, 4.69) is 36.9 Å². The van der Waals surface area contributed by atoms with Gasteiger partial charge in [-0.2, -0.15) is 5.10 Å². The van der Waals surface area contributed by atoms with Crippen LogP contribution in [0.25, 0.3) is 0 Å². The SMILES string of the molecule is C=C(C)CCC(NCC)c1ccnn1C. The maximum Gasteiger partial charge on any atom is 0.0550 e. The monoisotopic (exact) mass is 207 g/mol. The first-order valence-electron chi connectivity index (χ1n) is 5.50. The van der Waals surface area contributed by atoms with Crippen LogP contribution in [-0.2, 0) is 7.05 Å². The van der Waals surface area contributed by atoms with Crippen LogP contribution < -0.4 is 5.32 Å². The summed E-state index contributed by atoms with van der Waals surface area (Å²) in [5.41, 5.74) is 2.48. The van der Waals surface area contributed by atoms with Gasteiger partial charge in [-0.1, -0.05) is 12.5 Å². The van der Waals surface area contributed by atoms with Gasteiger partial charge in [-0.05, 0) is 32.4 Å². The van der Waals surface area contributed by atoms with Crippen molar-refractivity contribution in [3.05, 3.63) is 30.1 Å². The van der Waals surface area contributed by atoms with Crippen molar-refractivity contribution in [1.82, 2.24) is 15.1 Å². The quantitative estimate of drug-likeness (QED) is 0.726. The van der Waals surface area contributed by atoms with E-state index >= 15 is 0 Å². The molecule has 1 unspecified atom stereocenters. The molecule has 1 atom stereocenters. The second kappa shape index (κ2) is 5.71. The molecule has 3 heteroatoms. The van der Waals surface area contributed by atoms with E-state index in [4.69, 9.17) is 0 Å². The number of aryl methyl sites for hydroxylation is 1. The summed E-state index contributed by atoms with van der Waals surface area (Å²) in [6.07, 6.45) is 3.99. The smallest absolute Gasteiger partial charge is 0.0550 e. The normalized spacial score (nSPS) is 12.7. The highest BCUT2D eigenvalue weighted by molar-refractivity contribution is 5.07. The molecule has 15 heavy (non-hydrogen) atoms. The van der Waals surface area contributed by atoms with Crippen molar-refractivity contribution in [1.29, 1.82) is 0 Å². The average molecular weight is 207 g/mol. The van der Waals surface area contributed by atoms with Crippen LogP contribution in [0.15, 0.2) is 24.4 Å². The largest absolute Gasteiger partial charge is 0.309 e. The number of rotatable bonds is 6. The zero-order valence-electron chi connectivity index (χ0n) is 9.95. The van der Waals surface area contributed by atoms with Gasteiger partial charge in [0.15, 0.2) is 0 Å². The van der Waals surface area contributed by atoms with E-state index < -0.39 is 0 Å². The standard InChI is InChI=1S/C12H21N3/c1-5-13-11(7-6-10(2)3)12-8-9-14-15(12)4/h8-9,11,13H,2,5-7H2,1,3-4H3. The highest BCUT2D eigenvalue weighted by Crippen LogP contribution is 2.19. The van der Waals surface area contributed by atoms with E-state index in [0.29, 0.717) is 6.04 Å². The molecule has 1 aromatic rings. The minimum absolute atomic E-state index is 0.388. The van der Waals surface area contributed by atoms with Crippen molar-refractivity contribution in [2.45, 2.75) is 32.7 Å². The summed E-state index contributed by atoms with van der Waals surface area (Å²) in [4.78, 5) is 0. The van der Waals surface area contributed by atoms with E-state index in [9.17, 15) is 0 Å². The predicted octanol–water partition coefficient (Wildman–Crippen LogP) is 2.43. The Bertz CT molecular complexity index is 314. The number of hydrogen-bond acceptors (Lipinski definition) is 2. The second-order valence-corrected chi connectivity index (χ2v) is 3.99. The minimum Gasteiger partial charge on any atom is -0.309 e. The lowest BCUT2D eigenvalue weighted by atomic mass is 10.0. The third-order valence-electron chi connectivity index (χ3n) is 2.53. The predicted molar refractivity (Wildman–Crippen MR) is 63.7 cm³/mol. The van der Waals surface area contributed by atoms with Crippen LogP contribution in [0, 0.1) is 0 Å². The van der Waals surface area contributed by atoms with E-state index in [1.807, 2.05) is 17.9 Å². The van der Waals surface area contributed by atoms with Gasteiger partial charge in [-0.25, -0.2) is 0 Å². The molecule has 0 aliphatic heterocycles. The Labute approximate surface area is 92.2 Å². The Morgan fingerprint density at radius 1 is 1.67 bits per heavy atom. The third kappa shape index (κ3) is 3.51. The topological polar surface area (TPSA) is 29.9 Å². The van der Waals surface area contributed by atoms with Gasteiger partial charge in [0, 0.05) is 19.3 Å². The van der Waals surface area contributed by atoms with Crippen LogP contribution in [-0.4, -0.2) is 16.3 Å². The molecule has 0 saturated heterocycles. The molecule has 0 aromatic carbocycles. The number of allylic oxidation sites excluding steroid dienone is 1. The Hall–Kier alpha value is -1.09. The molecule has 0 spiro atoms. The molecular formula is C12H21N3. The van der Waals surface area contributed by atoms with Crippen molar-refractivity contribution in [2.24, 2.45) is 7.05 Å². The van der Waals surface area contributed by atoms with Crippen molar-refractivity contribution < 1.29 is 0 Å². The van der Waals surface area contributed by atoms with Crippen LogP contribution in [0.3, 0.4) is 0 Å². The molecule has 0 bridgehead atoms. The van der Waals surface area contributed by atoms with Crippen molar-refractivity contribution in [3.8, 4) is 0 Å². The summed E-state index contributed by atoms with van der Waals surface area (Å²) in [6.45, 7) is 9.12. The lowest BCUT2D eigenvalue weighted by molar-refractivity contribution is 0.480. The summed E-state index contributed by atoms with van der Waals surface area (Å²) in [5, 5.41) is 7.68. The Balaban J connectivity index is 2.65. The van der Waals surface area contributed by atoms with Gasteiger partial charge in [0.25, 0.3) is 0 Å². The highest BCUT2D eigenvalue weighted by Gasteiger charge is 2.12. The summed E-state index contributed by atoms with van der Waals surface area (Å²) >= 11 is 0. The number of hydrogen-bond donors (Lipinski definition) is 1. The fourth-order valence-corrected chi connectivity index (χ4v) is 1.72. The van der Waals surface area contributed by atoms with Crippen molar-refractivity contribution in [3.63, 3.8) is 0 Å². The molecule has 3 nitrogen and oxygen atoms in total. The van der Waals surface area contributed by atoms with Crippen molar-refractivity contribution >= 4 is 0 Å². The lowest BCUT2D eigenvalue weighted by Gasteiger charge is -2.18. The maximum atomic E-state index is 4.20. The minimum atomic E-state index is 0.388. The molecule has 0 saturated carbocycles. The number of aromatic nitrogens is 2. The van der Waals surface area contributed by atoms with Gasteiger partial charge < -0.3 is 5.32 Å². The molecule has 1 aromatic heterocycles.